The molecule has 0 aliphatic carbocycles. The molecule has 0 aromatic rings. The number of nitrogens with zero attached hydrogens (tertiary/aromatic N) is 1. The van der Waals surface area contributed by atoms with Crippen molar-refractivity contribution in [2.75, 3.05) is 32.1 Å². The van der Waals surface area contributed by atoms with Crippen LogP contribution in [0.15, 0.2) is 0 Å². The first-order valence-corrected chi connectivity index (χ1v) is 7.44. The molecule has 0 aromatic heterocycles. The molecule has 0 fully saturated rings. The Balaban J connectivity index is 3.63. The topological polar surface area (TPSA) is 15.3 Å². The highest BCUT2D eigenvalue weighted by Crippen LogP contribution is 2.09. The highest BCUT2D eigenvalue weighted by atomic mass is 32.2. The van der Waals surface area contributed by atoms with Crippen molar-refractivity contribution in [2.24, 2.45) is 0 Å². The normalized spacial score (nSPS) is 15.6. The van der Waals surface area contributed by atoms with E-state index in [2.05, 4.69) is 44.3 Å². The largest absolute Gasteiger partial charge is 0.317 e. The van der Waals surface area contributed by atoms with E-state index in [0.717, 1.165) is 13.1 Å². The number of rotatable bonds is 9. The van der Waals surface area contributed by atoms with Crippen LogP contribution in [0.2, 0.25) is 0 Å². The lowest BCUT2D eigenvalue weighted by Crippen LogP contribution is -2.39. The van der Waals surface area contributed by atoms with Crippen LogP contribution in [0.1, 0.15) is 33.6 Å². The van der Waals surface area contributed by atoms with Crippen molar-refractivity contribution in [1.82, 2.24) is 10.2 Å². The summed E-state index contributed by atoms with van der Waals surface area (Å²) in [4.78, 5) is 2.49. The molecule has 0 bridgehead atoms. The van der Waals surface area contributed by atoms with E-state index >= 15 is 0 Å². The number of thioether (sulfide) groups is 1. The summed E-state index contributed by atoms with van der Waals surface area (Å²) >= 11 is 1.93. The minimum absolute atomic E-state index is 0.677. The second-order valence-electron chi connectivity index (χ2n) is 4.36. The van der Waals surface area contributed by atoms with E-state index in [1.54, 1.807) is 0 Å². The molecular formula is C12H28N2S. The van der Waals surface area contributed by atoms with Crippen LogP contribution in [0, 0.1) is 0 Å². The Bertz CT molecular complexity index is 142. The fraction of sp³-hybridized carbons (Fsp3) is 1.00. The van der Waals surface area contributed by atoms with Crippen LogP contribution in [0.3, 0.4) is 0 Å². The molecule has 2 unspecified atom stereocenters. The van der Waals surface area contributed by atoms with E-state index in [-0.39, 0.29) is 0 Å². The molecule has 2 atom stereocenters. The molecule has 0 rings (SSSR count). The summed E-state index contributed by atoms with van der Waals surface area (Å²) in [5.41, 5.74) is 0. The molecule has 0 aliphatic heterocycles. The lowest BCUT2D eigenvalue weighted by molar-refractivity contribution is 0.201. The van der Waals surface area contributed by atoms with Gasteiger partial charge in [-0.15, -0.1) is 0 Å². The van der Waals surface area contributed by atoms with Gasteiger partial charge in [-0.25, -0.2) is 0 Å². The van der Waals surface area contributed by atoms with Gasteiger partial charge in [0, 0.05) is 17.8 Å². The van der Waals surface area contributed by atoms with Crippen LogP contribution in [0.4, 0.5) is 0 Å². The van der Waals surface area contributed by atoms with E-state index < -0.39 is 0 Å². The summed E-state index contributed by atoms with van der Waals surface area (Å²) in [5, 5.41) is 3.46. The zero-order valence-corrected chi connectivity index (χ0v) is 11.9. The van der Waals surface area contributed by atoms with Crippen molar-refractivity contribution in [2.45, 2.75) is 45.7 Å². The second-order valence-corrected chi connectivity index (χ2v) is 5.27. The molecule has 0 radical (unpaired) electrons. The van der Waals surface area contributed by atoms with E-state index in [1.807, 2.05) is 11.8 Å². The zero-order chi connectivity index (χ0) is 11.7. The lowest BCUT2D eigenvalue weighted by Gasteiger charge is -2.30. The van der Waals surface area contributed by atoms with E-state index in [4.69, 9.17) is 0 Å². The third-order valence-electron chi connectivity index (χ3n) is 2.96. The number of hydrogen-bond acceptors (Lipinski definition) is 3. The van der Waals surface area contributed by atoms with E-state index in [9.17, 15) is 0 Å². The number of nitrogens with one attached hydrogen (secondary N) is 1. The van der Waals surface area contributed by atoms with Crippen LogP contribution < -0.4 is 5.32 Å². The van der Waals surface area contributed by atoms with Gasteiger partial charge in [0.05, 0.1) is 0 Å². The Hall–Kier alpha value is 0.270. The summed E-state index contributed by atoms with van der Waals surface area (Å²) in [7, 11) is 2.24. The Kier molecular flexibility index (Phi) is 9.66. The Morgan fingerprint density at radius 1 is 1.20 bits per heavy atom. The van der Waals surface area contributed by atoms with Gasteiger partial charge in [-0.05, 0) is 53.1 Å². The summed E-state index contributed by atoms with van der Waals surface area (Å²) < 4.78 is 0. The Labute approximate surface area is 100 Å². The monoisotopic (exact) mass is 232 g/mol. The maximum atomic E-state index is 3.46. The molecule has 1 N–H and O–H groups in total. The summed E-state index contributed by atoms with van der Waals surface area (Å²) in [5.74, 6) is 1.23. The maximum absolute atomic E-state index is 3.46. The third kappa shape index (κ3) is 7.20. The van der Waals surface area contributed by atoms with Crippen molar-refractivity contribution >= 4 is 11.8 Å². The maximum Gasteiger partial charge on any atom is 0.0157 e. The quantitative estimate of drug-likeness (QED) is 0.615. The predicted molar refractivity (Wildman–Crippen MR) is 72.8 cm³/mol. The molecular weight excluding hydrogens is 204 g/mol. The van der Waals surface area contributed by atoms with Crippen LogP contribution in [0.25, 0.3) is 0 Å². The van der Waals surface area contributed by atoms with Crippen molar-refractivity contribution in [1.29, 1.82) is 0 Å². The number of hydrogen-bond donors (Lipinski definition) is 1. The molecule has 0 aromatic carbocycles. The highest BCUT2D eigenvalue weighted by Gasteiger charge is 2.14. The zero-order valence-electron chi connectivity index (χ0n) is 11.0. The van der Waals surface area contributed by atoms with Gasteiger partial charge in [0.2, 0.25) is 0 Å². The molecule has 0 saturated carbocycles. The van der Waals surface area contributed by atoms with E-state index in [1.165, 1.54) is 18.6 Å². The molecule has 0 amide bonds. The molecule has 0 aliphatic rings. The van der Waals surface area contributed by atoms with E-state index in [0.29, 0.717) is 12.1 Å². The van der Waals surface area contributed by atoms with Gasteiger partial charge < -0.3 is 10.2 Å². The van der Waals surface area contributed by atoms with Crippen LogP contribution in [0.5, 0.6) is 0 Å². The van der Waals surface area contributed by atoms with Gasteiger partial charge in [0.1, 0.15) is 0 Å². The molecule has 0 spiro atoms. The highest BCUT2D eigenvalue weighted by molar-refractivity contribution is 7.98. The fourth-order valence-corrected chi connectivity index (χ4v) is 2.33. The molecule has 92 valence electrons. The average molecular weight is 232 g/mol. The Morgan fingerprint density at radius 3 is 2.40 bits per heavy atom. The second kappa shape index (κ2) is 9.49. The summed E-state index contributed by atoms with van der Waals surface area (Å²) in [6.07, 6.45) is 4.65. The smallest absolute Gasteiger partial charge is 0.0157 e. The molecule has 2 nitrogen and oxygen atoms in total. The van der Waals surface area contributed by atoms with Gasteiger partial charge >= 0.3 is 0 Å². The first-order valence-electron chi connectivity index (χ1n) is 6.05. The third-order valence-corrected chi connectivity index (χ3v) is 3.78. The summed E-state index contributed by atoms with van der Waals surface area (Å²) in [6, 6.07) is 1.36. The SMILES string of the molecule is CCCNCCC(C)N(C)C(C)CSC. The summed E-state index contributed by atoms with van der Waals surface area (Å²) in [6.45, 7) is 9.14. The van der Waals surface area contributed by atoms with Crippen molar-refractivity contribution in [3.05, 3.63) is 0 Å². The molecule has 0 saturated heterocycles. The van der Waals surface area contributed by atoms with Crippen LogP contribution in [-0.4, -0.2) is 49.1 Å². The van der Waals surface area contributed by atoms with Crippen LogP contribution in [-0.2, 0) is 0 Å². The standard InChI is InChI=1S/C12H28N2S/c1-6-8-13-9-7-11(2)14(4)12(3)10-15-5/h11-13H,6-10H2,1-5H3. The minimum atomic E-state index is 0.677. The van der Waals surface area contributed by atoms with Crippen molar-refractivity contribution in [3.63, 3.8) is 0 Å². The first-order chi connectivity index (χ1) is 7.13. The van der Waals surface area contributed by atoms with Gasteiger partial charge in [-0.3, -0.25) is 0 Å². The van der Waals surface area contributed by atoms with Crippen LogP contribution >= 0.6 is 11.8 Å². The van der Waals surface area contributed by atoms with Gasteiger partial charge in [-0.1, -0.05) is 6.92 Å². The minimum Gasteiger partial charge on any atom is -0.317 e. The van der Waals surface area contributed by atoms with Crippen molar-refractivity contribution < 1.29 is 0 Å². The predicted octanol–water partition coefficient (Wildman–Crippen LogP) is 2.45. The molecule has 15 heavy (non-hydrogen) atoms. The molecule has 3 heteroatoms. The average Bonchev–Trinajstić information content (AvgIpc) is 2.23. The fourth-order valence-electron chi connectivity index (χ4n) is 1.61. The van der Waals surface area contributed by atoms with Gasteiger partial charge in [0.25, 0.3) is 0 Å². The van der Waals surface area contributed by atoms with Gasteiger partial charge in [-0.2, -0.15) is 11.8 Å². The van der Waals surface area contributed by atoms with Crippen molar-refractivity contribution in [3.8, 4) is 0 Å². The lowest BCUT2D eigenvalue weighted by atomic mass is 10.2. The molecule has 0 heterocycles. The first kappa shape index (κ1) is 15.3. The van der Waals surface area contributed by atoms with Gasteiger partial charge in [0.15, 0.2) is 0 Å². The Morgan fingerprint density at radius 2 is 1.87 bits per heavy atom.